The number of nitrogens with one attached hydrogen (secondary N) is 1. The van der Waals surface area contributed by atoms with E-state index in [9.17, 15) is 9.59 Å². The van der Waals surface area contributed by atoms with Gasteiger partial charge in [0.05, 0.1) is 6.04 Å². The van der Waals surface area contributed by atoms with E-state index in [2.05, 4.69) is 20.1 Å². The average molecular weight is 364 g/mol. The van der Waals surface area contributed by atoms with Crippen LogP contribution in [0.4, 0.5) is 0 Å². The zero-order chi connectivity index (χ0) is 18.7. The van der Waals surface area contributed by atoms with Gasteiger partial charge in [0.1, 0.15) is 6.54 Å². The Balaban J connectivity index is 1.55. The maximum absolute atomic E-state index is 12.7. The average Bonchev–Trinajstić information content (AvgIpc) is 3.36. The van der Waals surface area contributed by atoms with Crippen molar-refractivity contribution < 1.29 is 9.59 Å². The summed E-state index contributed by atoms with van der Waals surface area (Å²) in [4.78, 5) is 37.0. The summed E-state index contributed by atoms with van der Waals surface area (Å²) in [6.45, 7) is 4.13. The first-order chi connectivity index (χ1) is 12.5. The number of rotatable bonds is 4. The Kier molecular flexibility index (Phi) is 6.01. The van der Waals surface area contributed by atoms with Crippen molar-refractivity contribution in [3.05, 3.63) is 0 Å². The molecule has 3 aliphatic rings. The Morgan fingerprint density at radius 2 is 1.69 bits per heavy atom. The number of guanidine groups is 1. The maximum atomic E-state index is 12.7. The summed E-state index contributed by atoms with van der Waals surface area (Å²) in [6.07, 6.45) is 4.40. The molecule has 26 heavy (non-hydrogen) atoms. The van der Waals surface area contributed by atoms with Gasteiger partial charge in [-0.3, -0.25) is 14.5 Å². The number of likely N-dealkylation sites (N-methyl/N-ethyl adjacent to an activating group) is 2. The molecule has 1 unspecified atom stereocenters. The maximum Gasteiger partial charge on any atom is 0.243 e. The van der Waals surface area contributed by atoms with Crippen LogP contribution in [0.3, 0.4) is 0 Å². The van der Waals surface area contributed by atoms with Crippen molar-refractivity contribution in [2.75, 3.05) is 60.4 Å². The minimum atomic E-state index is -0.00168. The fourth-order valence-corrected chi connectivity index (χ4v) is 3.50. The third-order valence-corrected chi connectivity index (χ3v) is 5.47. The van der Waals surface area contributed by atoms with Crippen LogP contribution in [0.2, 0.25) is 0 Å². The molecule has 8 nitrogen and oxygen atoms in total. The lowest BCUT2D eigenvalue weighted by atomic mass is 10.2. The van der Waals surface area contributed by atoms with Gasteiger partial charge in [-0.2, -0.15) is 0 Å². The summed E-state index contributed by atoms with van der Waals surface area (Å²) >= 11 is 0. The van der Waals surface area contributed by atoms with Gasteiger partial charge in [0.2, 0.25) is 11.8 Å². The van der Waals surface area contributed by atoms with Crippen LogP contribution in [0.5, 0.6) is 0 Å². The first-order valence-electron chi connectivity index (χ1n) is 9.71. The van der Waals surface area contributed by atoms with E-state index in [1.807, 2.05) is 11.9 Å². The van der Waals surface area contributed by atoms with Gasteiger partial charge in [0.25, 0.3) is 0 Å². The van der Waals surface area contributed by atoms with Gasteiger partial charge < -0.3 is 20.0 Å². The molecule has 3 rings (SSSR count). The summed E-state index contributed by atoms with van der Waals surface area (Å²) in [5, 5.41) is 3.45. The standard InChI is InChI=1S/C18H32N6O2/c1-21(2)16(25)13-19-18(20-14-6-7-14)24-11-9-23(10-12-24)17(26)15-5-4-8-22(15)3/h14-15H,4-13H2,1-3H3,(H,19,20). The monoisotopic (exact) mass is 364 g/mol. The Hall–Kier alpha value is -1.83. The lowest BCUT2D eigenvalue weighted by Crippen LogP contribution is -2.56. The van der Waals surface area contributed by atoms with Crippen LogP contribution >= 0.6 is 0 Å². The summed E-state index contributed by atoms with van der Waals surface area (Å²) in [5.74, 6) is 1.08. The molecule has 2 heterocycles. The van der Waals surface area contributed by atoms with Crippen LogP contribution in [0.1, 0.15) is 25.7 Å². The van der Waals surface area contributed by atoms with Crippen molar-refractivity contribution in [1.29, 1.82) is 0 Å². The van der Waals surface area contributed by atoms with Crippen molar-refractivity contribution >= 4 is 17.8 Å². The van der Waals surface area contributed by atoms with E-state index < -0.39 is 0 Å². The van der Waals surface area contributed by atoms with Crippen LogP contribution in [0.25, 0.3) is 0 Å². The van der Waals surface area contributed by atoms with Gasteiger partial charge >= 0.3 is 0 Å². The summed E-state index contributed by atoms with van der Waals surface area (Å²) in [7, 11) is 5.53. The Morgan fingerprint density at radius 1 is 1.04 bits per heavy atom. The van der Waals surface area contributed by atoms with E-state index in [0.717, 1.165) is 64.4 Å². The highest BCUT2D eigenvalue weighted by Gasteiger charge is 2.34. The molecule has 8 heteroatoms. The molecular formula is C18H32N6O2. The van der Waals surface area contributed by atoms with Crippen LogP contribution in [-0.4, -0.2) is 110 Å². The highest BCUT2D eigenvalue weighted by atomic mass is 16.2. The van der Waals surface area contributed by atoms with Crippen LogP contribution < -0.4 is 5.32 Å². The third-order valence-electron chi connectivity index (χ3n) is 5.47. The van der Waals surface area contributed by atoms with Crippen molar-refractivity contribution in [3.63, 3.8) is 0 Å². The van der Waals surface area contributed by atoms with E-state index in [0.29, 0.717) is 6.04 Å². The molecule has 0 spiro atoms. The lowest BCUT2D eigenvalue weighted by molar-refractivity contribution is -0.136. The van der Waals surface area contributed by atoms with E-state index in [1.165, 1.54) is 0 Å². The SMILES string of the molecule is CN(C)C(=O)CN=C(NC1CC1)N1CCN(C(=O)C2CCCN2C)CC1. The molecule has 1 aliphatic carbocycles. The number of aliphatic imine (C=N–C) groups is 1. The van der Waals surface area contributed by atoms with Gasteiger partial charge in [-0.1, -0.05) is 0 Å². The Labute approximate surface area is 156 Å². The molecule has 2 saturated heterocycles. The number of hydrogen-bond donors (Lipinski definition) is 1. The zero-order valence-electron chi connectivity index (χ0n) is 16.3. The number of carbonyl (C=O) groups is 2. The molecule has 0 bridgehead atoms. The predicted octanol–water partition coefficient (Wildman–Crippen LogP) is -0.579. The third kappa shape index (κ3) is 4.66. The molecule has 2 aliphatic heterocycles. The molecule has 146 valence electrons. The zero-order valence-corrected chi connectivity index (χ0v) is 16.3. The van der Waals surface area contributed by atoms with E-state index in [4.69, 9.17) is 0 Å². The largest absolute Gasteiger partial charge is 0.353 e. The smallest absolute Gasteiger partial charge is 0.243 e. The quantitative estimate of drug-likeness (QED) is 0.534. The van der Waals surface area contributed by atoms with Crippen LogP contribution in [0.15, 0.2) is 4.99 Å². The molecule has 1 atom stereocenters. The normalized spacial score (nSPS) is 24.7. The lowest BCUT2D eigenvalue weighted by Gasteiger charge is -2.38. The topological polar surface area (TPSA) is 71.5 Å². The summed E-state index contributed by atoms with van der Waals surface area (Å²) < 4.78 is 0. The molecule has 1 saturated carbocycles. The molecule has 1 N–H and O–H groups in total. The minimum Gasteiger partial charge on any atom is -0.353 e. The van der Waals surface area contributed by atoms with Crippen molar-refractivity contribution in [1.82, 2.24) is 24.9 Å². The number of likely N-dealkylation sites (tertiary alicyclic amines) is 1. The van der Waals surface area contributed by atoms with Crippen molar-refractivity contribution in [2.45, 2.75) is 37.8 Å². The van der Waals surface area contributed by atoms with Crippen molar-refractivity contribution in [2.24, 2.45) is 4.99 Å². The minimum absolute atomic E-state index is 0.00168. The molecule has 2 amide bonds. The van der Waals surface area contributed by atoms with Gasteiger partial charge in [0.15, 0.2) is 5.96 Å². The number of hydrogen-bond acceptors (Lipinski definition) is 4. The molecule has 0 aromatic heterocycles. The second kappa shape index (κ2) is 8.24. The highest BCUT2D eigenvalue weighted by Crippen LogP contribution is 2.20. The molecule has 0 aromatic rings. The fraction of sp³-hybridized carbons (Fsp3) is 0.833. The second-order valence-corrected chi connectivity index (χ2v) is 7.80. The number of piperazine rings is 1. The van der Waals surface area contributed by atoms with E-state index >= 15 is 0 Å². The molecule has 3 fully saturated rings. The molecular weight excluding hydrogens is 332 g/mol. The van der Waals surface area contributed by atoms with Crippen LogP contribution in [0, 0.1) is 0 Å². The predicted molar refractivity (Wildman–Crippen MR) is 101 cm³/mol. The van der Waals surface area contributed by atoms with Gasteiger partial charge in [-0.15, -0.1) is 0 Å². The van der Waals surface area contributed by atoms with Gasteiger partial charge in [-0.25, -0.2) is 4.99 Å². The van der Waals surface area contributed by atoms with E-state index in [1.54, 1.807) is 19.0 Å². The highest BCUT2D eigenvalue weighted by molar-refractivity contribution is 5.86. The second-order valence-electron chi connectivity index (χ2n) is 7.80. The van der Waals surface area contributed by atoms with Crippen molar-refractivity contribution in [3.8, 4) is 0 Å². The van der Waals surface area contributed by atoms with E-state index in [-0.39, 0.29) is 24.4 Å². The fourth-order valence-electron chi connectivity index (χ4n) is 3.50. The number of amides is 2. The molecule has 0 aromatic carbocycles. The van der Waals surface area contributed by atoms with Gasteiger partial charge in [-0.05, 0) is 39.3 Å². The Bertz CT molecular complexity index is 552. The first kappa shape index (κ1) is 18.9. The number of nitrogens with zero attached hydrogens (tertiary/aromatic N) is 5. The van der Waals surface area contributed by atoms with Gasteiger partial charge in [0, 0.05) is 46.3 Å². The summed E-state index contributed by atoms with van der Waals surface area (Å²) in [5.41, 5.74) is 0. The van der Waals surface area contributed by atoms with Crippen LogP contribution in [-0.2, 0) is 9.59 Å². The Morgan fingerprint density at radius 3 is 2.23 bits per heavy atom. The molecule has 0 radical (unpaired) electrons. The number of carbonyl (C=O) groups excluding carboxylic acids is 2. The first-order valence-corrected chi connectivity index (χ1v) is 9.71. The summed E-state index contributed by atoms with van der Waals surface area (Å²) in [6, 6.07) is 0.534.